The van der Waals surface area contributed by atoms with E-state index in [4.69, 9.17) is 4.84 Å². The summed E-state index contributed by atoms with van der Waals surface area (Å²) in [5.41, 5.74) is -0.476. The normalized spacial score (nSPS) is 19.7. The van der Waals surface area contributed by atoms with Crippen molar-refractivity contribution in [3.8, 4) is 0 Å². The van der Waals surface area contributed by atoms with Crippen molar-refractivity contribution in [2.75, 3.05) is 20.6 Å². The molecule has 1 aliphatic heterocycles. The molecule has 0 fully saturated rings. The molecule has 0 aromatic heterocycles. The average molecular weight is 321 g/mol. The fourth-order valence-electron chi connectivity index (χ4n) is 2.19. The maximum Gasteiger partial charge on any atom is 0.267 e. The Kier molecular flexibility index (Phi) is 4.98. The molecule has 0 unspecified atom stereocenters. The zero-order valence-electron chi connectivity index (χ0n) is 13.4. The molecule has 1 N–H and O–H groups in total. The molecule has 1 aromatic rings. The van der Waals surface area contributed by atoms with Gasteiger partial charge in [-0.25, -0.2) is 4.39 Å². The quantitative estimate of drug-likeness (QED) is 0.889. The van der Waals surface area contributed by atoms with E-state index >= 15 is 0 Å². The van der Waals surface area contributed by atoms with E-state index in [2.05, 4.69) is 10.5 Å². The van der Waals surface area contributed by atoms with E-state index in [0.29, 0.717) is 11.3 Å². The third-order valence-electron chi connectivity index (χ3n) is 3.65. The fourth-order valence-corrected chi connectivity index (χ4v) is 2.19. The summed E-state index contributed by atoms with van der Waals surface area (Å²) in [6.45, 7) is 1.80. The van der Waals surface area contributed by atoms with Crippen LogP contribution in [0.3, 0.4) is 0 Å². The molecule has 0 aliphatic carbocycles. The van der Waals surface area contributed by atoms with Crippen LogP contribution in [0.1, 0.15) is 25.3 Å². The van der Waals surface area contributed by atoms with E-state index in [-0.39, 0.29) is 31.2 Å². The molecule has 2 rings (SSSR count). The number of benzene rings is 1. The Morgan fingerprint density at radius 2 is 2.09 bits per heavy atom. The van der Waals surface area contributed by atoms with Gasteiger partial charge < -0.3 is 15.1 Å². The Hall–Kier alpha value is -2.44. The second kappa shape index (κ2) is 6.76. The zero-order valence-corrected chi connectivity index (χ0v) is 13.4. The molecule has 1 aromatic carbocycles. The van der Waals surface area contributed by atoms with Gasteiger partial charge in [-0.3, -0.25) is 9.59 Å². The van der Waals surface area contributed by atoms with Gasteiger partial charge in [0.25, 0.3) is 5.91 Å². The Labute approximate surface area is 134 Å². The molecule has 23 heavy (non-hydrogen) atoms. The predicted octanol–water partition coefficient (Wildman–Crippen LogP) is 1.30. The maximum absolute atomic E-state index is 13.8. The topological polar surface area (TPSA) is 71.0 Å². The van der Waals surface area contributed by atoms with Crippen molar-refractivity contribution in [2.24, 2.45) is 5.16 Å². The highest BCUT2D eigenvalue weighted by molar-refractivity contribution is 6.05. The van der Waals surface area contributed by atoms with Gasteiger partial charge in [-0.2, -0.15) is 0 Å². The number of oxime groups is 1. The largest absolute Gasteiger partial charge is 0.379 e. The van der Waals surface area contributed by atoms with Crippen LogP contribution in [0.15, 0.2) is 29.4 Å². The number of hydrogen-bond acceptors (Lipinski definition) is 4. The smallest absolute Gasteiger partial charge is 0.267 e. The summed E-state index contributed by atoms with van der Waals surface area (Å²) >= 11 is 0. The van der Waals surface area contributed by atoms with Crippen LogP contribution in [0.5, 0.6) is 0 Å². The van der Waals surface area contributed by atoms with Crippen LogP contribution >= 0.6 is 0 Å². The second-order valence-electron chi connectivity index (χ2n) is 5.81. The summed E-state index contributed by atoms with van der Waals surface area (Å²) in [4.78, 5) is 30.4. The molecule has 7 heteroatoms. The van der Waals surface area contributed by atoms with Gasteiger partial charge in [-0.05, 0) is 13.0 Å². The molecule has 6 nitrogen and oxygen atoms in total. The molecule has 0 saturated carbocycles. The molecule has 1 atom stereocenters. The SMILES string of the molecule is CN(C)C(=O)CCNC(=O)[C@@]1(C)CC(c2ccccc2F)=NO1. The first-order valence-corrected chi connectivity index (χ1v) is 7.32. The third kappa shape index (κ3) is 3.85. The van der Waals surface area contributed by atoms with Gasteiger partial charge in [-0.15, -0.1) is 0 Å². The number of nitrogens with one attached hydrogen (secondary N) is 1. The van der Waals surface area contributed by atoms with Crippen LogP contribution in [0.2, 0.25) is 0 Å². The summed E-state index contributed by atoms with van der Waals surface area (Å²) in [6.07, 6.45) is 0.372. The van der Waals surface area contributed by atoms with Crippen LogP contribution in [-0.2, 0) is 14.4 Å². The molecule has 0 radical (unpaired) electrons. The first kappa shape index (κ1) is 16.9. The Morgan fingerprint density at radius 1 is 1.39 bits per heavy atom. The summed E-state index contributed by atoms with van der Waals surface area (Å²) in [6, 6.07) is 6.21. The van der Waals surface area contributed by atoms with Crippen molar-refractivity contribution in [1.82, 2.24) is 10.2 Å². The van der Waals surface area contributed by atoms with Crippen LogP contribution in [0, 0.1) is 5.82 Å². The van der Waals surface area contributed by atoms with Crippen LogP contribution in [0.4, 0.5) is 4.39 Å². The van der Waals surface area contributed by atoms with E-state index in [1.165, 1.54) is 11.0 Å². The van der Waals surface area contributed by atoms with Crippen LogP contribution in [0.25, 0.3) is 0 Å². The van der Waals surface area contributed by atoms with Crippen molar-refractivity contribution in [1.29, 1.82) is 0 Å². The number of carbonyl (C=O) groups is 2. The van der Waals surface area contributed by atoms with Crippen molar-refractivity contribution in [2.45, 2.75) is 25.4 Å². The van der Waals surface area contributed by atoms with Crippen molar-refractivity contribution >= 4 is 17.5 Å². The van der Waals surface area contributed by atoms with Gasteiger partial charge in [0.15, 0.2) is 0 Å². The van der Waals surface area contributed by atoms with Gasteiger partial charge in [-0.1, -0.05) is 23.4 Å². The van der Waals surface area contributed by atoms with Gasteiger partial charge >= 0.3 is 0 Å². The van der Waals surface area contributed by atoms with Gasteiger partial charge in [0.1, 0.15) is 5.82 Å². The summed E-state index contributed by atoms with van der Waals surface area (Å²) < 4.78 is 13.8. The van der Waals surface area contributed by atoms with Gasteiger partial charge in [0.05, 0.1) is 5.71 Å². The molecular formula is C16H20FN3O3. The summed E-state index contributed by atoms with van der Waals surface area (Å²) in [7, 11) is 3.31. The molecule has 1 aliphatic rings. The monoisotopic (exact) mass is 321 g/mol. The zero-order chi connectivity index (χ0) is 17.0. The Balaban J connectivity index is 1.93. The molecule has 2 amide bonds. The highest BCUT2D eigenvalue weighted by Gasteiger charge is 2.42. The van der Waals surface area contributed by atoms with E-state index in [0.717, 1.165) is 0 Å². The number of carbonyl (C=O) groups excluding carboxylic acids is 2. The number of hydrogen-bond donors (Lipinski definition) is 1. The highest BCUT2D eigenvalue weighted by atomic mass is 19.1. The number of rotatable bonds is 5. The third-order valence-corrected chi connectivity index (χ3v) is 3.65. The van der Waals surface area contributed by atoms with E-state index in [1.807, 2.05) is 0 Å². The molecule has 1 heterocycles. The lowest BCUT2D eigenvalue weighted by atomic mass is 9.95. The van der Waals surface area contributed by atoms with Crippen molar-refractivity contribution in [3.63, 3.8) is 0 Å². The summed E-state index contributed by atoms with van der Waals surface area (Å²) in [5.74, 6) is -0.860. The lowest BCUT2D eigenvalue weighted by Gasteiger charge is -2.20. The van der Waals surface area contributed by atoms with Crippen molar-refractivity contribution in [3.05, 3.63) is 35.6 Å². The minimum Gasteiger partial charge on any atom is -0.379 e. The first-order valence-electron chi connectivity index (χ1n) is 7.32. The van der Waals surface area contributed by atoms with Crippen LogP contribution in [-0.4, -0.2) is 48.7 Å². The van der Waals surface area contributed by atoms with Gasteiger partial charge in [0.2, 0.25) is 11.5 Å². The Bertz CT molecular complexity index is 645. The maximum atomic E-state index is 13.8. The predicted molar refractivity (Wildman–Crippen MR) is 83.4 cm³/mol. The number of halogens is 1. The molecule has 0 saturated heterocycles. The minimum absolute atomic E-state index is 0.0777. The van der Waals surface area contributed by atoms with Crippen LogP contribution < -0.4 is 5.32 Å². The molecule has 124 valence electrons. The van der Waals surface area contributed by atoms with Crippen molar-refractivity contribution < 1.29 is 18.8 Å². The standard InChI is InChI=1S/C16H20FN3O3/c1-16(15(22)18-9-8-14(21)20(2)3)10-13(19-23-16)11-6-4-5-7-12(11)17/h4-7H,8-10H2,1-3H3,(H,18,22)/t16-/m1/s1. The fraction of sp³-hybridized carbons (Fsp3) is 0.438. The highest BCUT2D eigenvalue weighted by Crippen LogP contribution is 2.27. The second-order valence-corrected chi connectivity index (χ2v) is 5.81. The first-order chi connectivity index (χ1) is 10.8. The number of nitrogens with zero attached hydrogens (tertiary/aromatic N) is 2. The molecule has 0 bridgehead atoms. The lowest BCUT2D eigenvalue weighted by Crippen LogP contribution is -2.45. The van der Waals surface area contributed by atoms with E-state index < -0.39 is 11.4 Å². The molecule has 0 spiro atoms. The molecular weight excluding hydrogens is 301 g/mol. The Morgan fingerprint density at radius 3 is 2.74 bits per heavy atom. The minimum atomic E-state index is -1.20. The lowest BCUT2D eigenvalue weighted by molar-refractivity contribution is -0.141. The van der Waals surface area contributed by atoms with Gasteiger partial charge in [0, 0.05) is 39.0 Å². The van der Waals surface area contributed by atoms with E-state index in [1.54, 1.807) is 39.2 Å². The average Bonchev–Trinajstić information content (AvgIpc) is 2.91. The van der Waals surface area contributed by atoms with E-state index in [9.17, 15) is 14.0 Å². The summed E-state index contributed by atoms with van der Waals surface area (Å²) in [5, 5.41) is 6.51. The number of amides is 2.